The second-order valence-electron chi connectivity index (χ2n) is 3.61. The molecule has 0 aliphatic heterocycles. The third kappa shape index (κ3) is 4.15. The number of ether oxygens (including phenoxy) is 1. The normalized spacial score (nSPS) is 10.3. The Kier molecular flexibility index (Phi) is 5.29. The predicted molar refractivity (Wildman–Crippen MR) is 62.0 cm³/mol. The molecular formula is C12H14O6. The highest BCUT2D eigenvalue weighted by Crippen LogP contribution is 2.12. The van der Waals surface area contributed by atoms with E-state index in [9.17, 15) is 9.59 Å². The molecule has 1 aromatic carbocycles. The quantitative estimate of drug-likeness (QED) is 0.617. The van der Waals surface area contributed by atoms with Gasteiger partial charge in [0.05, 0.1) is 30.9 Å². The van der Waals surface area contributed by atoms with Crippen LogP contribution in [0, 0.1) is 0 Å². The van der Waals surface area contributed by atoms with Gasteiger partial charge in [-0.25, -0.2) is 9.59 Å². The smallest absolute Gasteiger partial charge is 0.335 e. The van der Waals surface area contributed by atoms with Crippen LogP contribution < -0.4 is 0 Å². The van der Waals surface area contributed by atoms with E-state index in [1.807, 2.05) is 0 Å². The van der Waals surface area contributed by atoms with Crippen molar-refractivity contribution >= 4 is 11.9 Å². The number of aliphatic hydroxyl groups excluding tert-OH is 1. The van der Waals surface area contributed by atoms with Gasteiger partial charge < -0.3 is 20.1 Å². The topological polar surface area (TPSA) is 104 Å². The molecule has 1 rings (SSSR count). The summed E-state index contributed by atoms with van der Waals surface area (Å²) in [7, 11) is 0. The van der Waals surface area contributed by atoms with Crippen molar-refractivity contribution in [2.75, 3.05) is 19.8 Å². The Hall–Kier alpha value is -1.92. The van der Waals surface area contributed by atoms with Gasteiger partial charge in [-0.3, -0.25) is 0 Å². The minimum atomic E-state index is -1.17. The van der Waals surface area contributed by atoms with Gasteiger partial charge in [0.2, 0.25) is 0 Å². The van der Waals surface area contributed by atoms with Crippen LogP contribution in [0.2, 0.25) is 0 Å². The van der Waals surface area contributed by atoms with Crippen molar-refractivity contribution in [3.63, 3.8) is 0 Å². The highest BCUT2D eigenvalue weighted by molar-refractivity contribution is 5.94. The molecule has 0 aliphatic rings. The maximum Gasteiger partial charge on any atom is 0.335 e. The highest BCUT2D eigenvalue weighted by Gasteiger charge is 2.11. The molecular weight excluding hydrogens is 240 g/mol. The number of carboxylic acids is 2. The van der Waals surface area contributed by atoms with Crippen LogP contribution in [0.3, 0.4) is 0 Å². The molecule has 0 unspecified atom stereocenters. The molecule has 98 valence electrons. The lowest BCUT2D eigenvalue weighted by Crippen LogP contribution is -2.07. The largest absolute Gasteiger partial charge is 0.478 e. The van der Waals surface area contributed by atoms with Gasteiger partial charge in [-0.1, -0.05) is 0 Å². The van der Waals surface area contributed by atoms with E-state index in [4.69, 9.17) is 20.1 Å². The van der Waals surface area contributed by atoms with Crippen LogP contribution in [0.4, 0.5) is 0 Å². The molecule has 3 N–H and O–H groups in total. The number of carboxylic acid groups (broad SMARTS) is 2. The Morgan fingerprint density at radius 2 is 1.56 bits per heavy atom. The number of hydrogen-bond acceptors (Lipinski definition) is 4. The van der Waals surface area contributed by atoms with E-state index in [0.29, 0.717) is 18.6 Å². The summed E-state index contributed by atoms with van der Waals surface area (Å²) in [6.07, 6.45) is 0.390. The van der Waals surface area contributed by atoms with Gasteiger partial charge in [-0.2, -0.15) is 0 Å². The third-order valence-corrected chi connectivity index (χ3v) is 2.26. The molecule has 18 heavy (non-hydrogen) atoms. The lowest BCUT2D eigenvalue weighted by molar-refractivity contribution is 0.0696. The van der Waals surface area contributed by atoms with Crippen LogP contribution in [0.25, 0.3) is 0 Å². The Morgan fingerprint density at radius 1 is 1.00 bits per heavy atom. The summed E-state index contributed by atoms with van der Waals surface area (Å²) in [5.41, 5.74) is 0.448. The van der Waals surface area contributed by atoms with Crippen LogP contribution >= 0.6 is 0 Å². The van der Waals surface area contributed by atoms with Crippen molar-refractivity contribution in [1.82, 2.24) is 0 Å². The summed E-state index contributed by atoms with van der Waals surface area (Å²) in [6.45, 7) is 0.405. The molecule has 0 saturated carbocycles. The van der Waals surface area contributed by atoms with Crippen LogP contribution in [-0.2, 0) is 11.2 Å². The van der Waals surface area contributed by atoms with Crippen molar-refractivity contribution in [3.8, 4) is 0 Å². The van der Waals surface area contributed by atoms with Gasteiger partial charge in [-0.15, -0.1) is 0 Å². The zero-order valence-corrected chi connectivity index (χ0v) is 9.63. The second-order valence-corrected chi connectivity index (χ2v) is 3.61. The number of rotatable bonds is 7. The number of aromatic carboxylic acids is 2. The fourth-order valence-electron chi connectivity index (χ4n) is 1.44. The monoisotopic (exact) mass is 254 g/mol. The van der Waals surface area contributed by atoms with Crippen molar-refractivity contribution < 1.29 is 29.6 Å². The minimum Gasteiger partial charge on any atom is -0.478 e. The summed E-state index contributed by atoms with van der Waals surface area (Å²) in [5, 5.41) is 26.3. The van der Waals surface area contributed by atoms with Crippen LogP contribution in [-0.4, -0.2) is 47.1 Å². The second kappa shape index (κ2) is 6.73. The molecule has 0 atom stereocenters. The van der Waals surface area contributed by atoms with Crippen LogP contribution in [0.1, 0.15) is 26.3 Å². The average molecular weight is 254 g/mol. The molecule has 0 aliphatic carbocycles. The number of hydrogen-bond donors (Lipinski definition) is 3. The van der Waals surface area contributed by atoms with Gasteiger partial charge in [-0.05, 0) is 30.2 Å². The van der Waals surface area contributed by atoms with E-state index in [-0.39, 0.29) is 24.3 Å². The molecule has 6 nitrogen and oxygen atoms in total. The van der Waals surface area contributed by atoms with Gasteiger partial charge in [0.1, 0.15) is 0 Å². The minimum absolute atomic E-state index is 0.0629. The van der Waals surface area contributed by atoms with Gasteiger partial charge in [0, 0.05) is 0 Å². The summed E-state index contributed by atoms with van der Waals surface area (Å²) in [6, 6.07) is 3.94. The zero-order valence-electron chi connectivity index (χ0n) is 9.63. The zero-order chi connectivity index (χ0) is 13.5. The number of aliphatic hydroxyl groups is 1. The van der Waals surface area contributed by atoms with E-state index in [2.05, 4.69) is 0 Å². The van der Waals surface area contributed by atoms with Gasteiger partial charge in [0.25, 0.3) is 0 Å². The van der Waals surface area contributed by atoms with Crippen LogP contribution in [0.15, 0.2) is 18.2 Å². The fraction of sp³-hybridized carbons (Fsp3) is 0.333. The molecule has 0 saturated heterocycles. The molecule has 0 bridgehead atoms. The van der Waals surface area contributed by atoms with E-state index < -0.39 is 11.9 Å². The number of carbonyl (C=O) groups is 2. The maximum atomic E-state index is 10.8. The van der Waals surface area contributed by atoms with Gasteiger partial charge in [0.15, 0.2) is 0 Å². The van der Waals surface area contributed by atoms with Gasteiger partial charge >= 0.3 is 11.9 Å². The van der Waals surface area contributed by atoms with Crippen molar-refractivity contribution in [1.29, 1.82) is 0 Å². The van der Waals surface area contributed by atoms with E-state index in [1.165, 1.54) is 12.1 Å². The molecule has 0 fully saturated rings. The average Bonchev–Trinajstić information content (AvgIpc) is 2.34. The molecule has 0 heterocycles. The lowest BCUT2D eigenvalue weighted by atomic mass is 10.0. The first-order chi connectivity index (χ1) is 8.54. The predicted octanol–water partition coefficient (Wildman–Crippen LogP) is 0.634. The molecule has 0 amide bonds. The Labute approximate surface area is 103 Å². The fourth-order valence-corrected chi connectivity index (χ4v) is 1.44. The van der Waals surface area contributed by atoms with E-state index >= 15 is 0 Å². The first-order valence-electron chi connectivity index (χ1n) is 5.33. The SMILES string of the molecule is O=C(O)c1cc(CCOCCO)cc(C(=O)O)c1. The molecule has 0 spiro atoms. The van der Waals surface area contributed by atoms with Crippen LogP contribution in [0.5, 0.6) is 0 Å². The van der Waals surface area contributed by atoms with Crippen molar-refractivity contribution in [2.24, 2.45) is 0 Å². The van der Waals surface area contributed by atoms with E-state index in [1.54, 1.807) is 0 Å². The lowest BCUT2D eigenvalue weighted by Gasteiger charge is -2.06. The summed E-state index contributed by atoms with van der Waals surface area (Å²) in [4.78, 5) is 21.7. The molecule has 0 aromatic heterocycles. The van der Waals surface area contributed by atoms with Crippen molar-refractivity contribution in [2.45, 2.75) is 6.42 Å². The van der Waals surface area contributed by atoms with E-state index in [0.717, 1.165) is 6.07 Å². The maximum absolute atomic E-state index is 10.8. The molecule has 0 radical (unpaired) electrons. The number of benzene rings is 1. The van der Waals surface area contributed by atoms with Crippen molar-refractivity contribution in [3.05, 3.63) is 34.9 Å². The first-order valence-corrected chi connectivity index (χ1v) is 5.33. The Morgan fingerprint density at radius 3 is 2.00 bits per heavy atom. The Bertz CT molecular complexity index is 408. The summed E-state index contributed by atoms with van der Waals surface area (Å²) >= 11 is 0. The first kappa shape index (κ1) is 14.1. The summed E-state index contributed by atoms with van der Waals surface area (Å²) < 4.78 is 5.04. The highest BCUT2D eigenvalue weighted by atomic mass is 16.5. The molecule has 1 aromatic rings. The molecule has 6 heteroatoms. The standard InChI is InChI=1S/C12H14O6/c13-2-4-18-3-1-8-5-9(11(14)15)7-10(6-8)12(16)17/h5-7,13H,1-4H2,(H,14,15)(H,16,17). The summed E-state index contributed by atoms with van der Waals surface area (Å²) in [5.74, 6) is -2.34. The third-order valence-electron chi connectivity index (χ3n) is 2.26. The Balaban J connectivity index is 2.83.